The van der Waals surface area contributed by atoms with Gasteiger partial charge in [0.05, 0.1) is 6.10 Å². The van der Waals surface area contributed by atoms with Crippen LogP contribution in [-0.4, -0.2) is 35.1 Å². The number of carbonyl (C=O) groups excluding carboxylic acids is 1. The van der Waals surface area contributed by atoms with E-state index < -0.39 is 0 Å². The first-order valence-electron chi connectivity index (χ1n) is 6.64. The molecule has 1 amide bonds. The zero-order chi connectivity index (χ0) is 13.1. The van der Waals surface area contributed by atoms with E-state index in [0.717, 1.165) is 6.54 Å². The lowest BCUT2D eigenvalue weighted by atomic mass is 9.86. The molecule has 18 heavy (non-hydrogen) atoms. The van der Waals surface area contributed by atoms with E-state index in [9.17, 15) is 9.90 Å². The molecule has 3 atom stereocenters. The molecule has 0 bridgehead atoms. The second-order valence-electron chi connectivity index (χ2n) is 5.07. The Bertz CT molecular complexity index is 402. The molecule has 0 aromatic heterocycles. The first-order valence-corrected chi connectivity index (χ1v) is 6.64. The highest BCUT2D eigenvalue weighted by molar-refractivity contribution is 5.76. The molecule has 0 spiro atoms. The number of rotatable bonds is 3. The summed E-state index contributed by atoms with van der Waals surface area (Å²) in [5.74, 6) is 0.573. The van der Waals surface area contributed by atoms with Crippen LogP contribution in [0.25, 0.3) is 0 Å². The molecule has 0 saturated carbocycles. The molecular formula is C15H21NO2. The summed E-state index contributed by atoms with van der Waals surface area (Å²) in [6.07, 6.45) is 0.151. The lowest BCUT2D eigenvalue weighted by Crippen LogP contribution is -2.29. The Balaban J connectivity index is 2.20. The minimum atomic E-state index is -0.384. The van der Waals surface area contributed by atoms with Crippen LogP contribution in [0, 0.1) is 5.92 Å². The molecular weight excluding hydrogens is 226 g/mol. The fourth-order valence-electron chi connectivity index (χ4n) is 2.80. The number of nitrogens with zero attached hydrogens (tertiary/aromatic N) is 1. The van der Waals surface area contributed by atoms with Crippen molar-refractivity contribution in [3.05, 3.63) is 35.9 Å². The highest BCUT2D eigenvalue weighted by atomic mass is 16.3. The molecule has 1 aromatic rings. The third-order valence-electron chi connectivity index (χ3n) is 3.87. The first-order chi connectivity index (χ1) is 8.63. The van der Waals surface area contributed by atoms with E-state index in [1.807, 2.05) is 36.9 Å². The van der Waals surface area contributed by atoms with E-state index in [1.165, 1.54) is 5.56 Å². The van der Waals surface area contributed by atoms with Crippen molar-refractivity contribution in [2.75, 3.05) is 13.1 Å². The second-order valence-corrected chi connectivity index (χ2v) is 5.07. The van der Waals surface area contributed by atoms with E-state index in [-0.39, 0.29) is 23.8 Å². The molecule has 1 heterocycles. The summed E-state index contributed by atoms with van der Waals surface area (Å²) in [5, 5.41) is 9.92. The van der Waals surface area contributed by atoms with Crippen molar-refractivity contribution >= 4 is 5.91 Å². The molecule has 1 aliphatic heterocycles. The van der Waals surface area contributed by atoms with Gasteiger partial charge in [0, 0.05) is 31.3 Å². The summed E-state index contributed by atoms with van der Waals surface area (Å²) in [5.41, 5.74) is 1.22. The normalized spacial score (nSPS) is 25.2. The van der Waals surface area contributed by atoms with Crippen molar-refractivity contribution < 1.29 is 9.90 Å². The molecule has 3 nitrogen and oxygen atoms in total. The average molecular weight is 247 g/mol. The van der Waals surface area contributed by atoms with Gasteiger partial charge >= 0.3 is 0 Å². The summed E-state index contributed by atoms with van der Waals surface area (Å²) in [6.45, 7) is 5.10. The van der Waals surface area contributed by atoms with Crippen LogP contribution in [0.1, 0.15) is 31.7 Å². The molecule has 0 radical (unpaired) electrons. The highest BCUT2D eigenvalue weighted by Crippen LogP contribution is 2.34. The monoisotopic (exact) mass is 247 g/mol. The lowest BCUT2D eigenvalue weighted by Gasteiger charge is -2.20. The van der Waals surface area contributed by atoms with Gasteiger partial charge < -0.3 is 10.0 Å². The minimum absolute atomic E-state index is 0.142. The van der Waals surface area contributed by atoms with E-state index in [1.54, 1.807) is 0 Å². The lowest BCUT2D eigenvalue weighted by molar-refractivity contribution is -0.130. The second kappa shape index (κ2) is 5.53. The van der Waals surface area contributed by atoms with E-state index >= 15 is 0 Å². The number of amides is 1. The number of hydrogen-bond acceptors (Lipinski definition) is 2. The van der Waals surface area contributed by atoms with Crippen LogP contribution in [0.3, 0.4) is 0 Å². The van der Waals surface area contributed by atoms with E-state index in [0.29, 0.717) is 13.0 Å². The fraction of sp³-hybridized carbons (Fsp3) is 0.533. The van der Waals surface area contributed by atoms with Crippen LogP contribution < -0.4 is 0 Å². The standard InChI is InChI=1S/C15H21NO2/c1-3-15(18)16-9-13(11(2)17)14(10-16)12-7-5-4-6-8-12/h4-8,11,13-14,17H,3,9-10H2,1-2H3/t11-,13+,14+/m1/s1. The Labute approximate surface area is 108 Å². The third kappa shape index (κ3) is 2.56. The number of aliphatic hydroxyl groups excluding tert-OH is 1. The molecule has 0 unspecified atom stereocenters. The molecule has 3 heteroatoms. The summed E-state index contributed by atoms with van der Waals surface area (Å²) >= 11 is 0. The summed E-state index contributed by atoms with van der Waals surface area (Å²) in [6, 6.07) is 10.2. The Morgan fingerprint density at radius 2 is 2.06 bits per heavy atom. The SMILES string of the molecule is CCC(=O)N1C[C@@H]([C@@H](C)O)[C@H](c2ccccc2)C1. The van der Waals surface area contributed by atoms with Crippen molar-refractivity contribution in [1.82, 2.24) is 4.90 Å². The maximum Gasteiger partial charge on any atom is 0.222 e. The largest absolute Gasteiger partial charge is 0.393 e. The molecule has 1 saturated heterocycles. The summed E-state index contributed by atoms with van der Waals surface area (Å²) < 4.78 is 0. The molecule has 1 aromatic carbocycles. The first kappa shape index (κ1) is 13.1. The third-order valence-corrected chi connectivity index (χ3v) is 3.87. The van der Waals surface area contributed by atoms with Gasteiger partial charge in [-0.15, -0.1) is 0 Å². The quantitative estimate of drug-likeness (QED) is 0.887. The van der Waals surface area contributed by atoms with Crippen molar-refractivity contribution in [2.45, 2.75) is 32.3 Å². The Hall–Kier alpha value is -1.35. The molecule has 1 N–H and O–H groups in total. The summed E-state index contributed by atoms with van der Waals surface area (Å²) in [4.78, 5) is 13.7. The number of aliphatic hydroxyl groups is 1. The van der Waals surface area contributed by atoms with Crippen LogP contribution in [0.5, 0.6) is 0 Å². The molecule has 2 rings (SSSR count). The summed E-state index contributed by atoms with van der Waals surface area (Å²) in [7, 11) is 0. The van der Waals surface area contributed by atoms with Gasteiger partial charge in [-0.05, 0) is 12.5 Å². The average Bonchev–Trinajstić information content (AvgIpc) is 2.84. The number of benzene rings is 1. The molecule has 1 fully saturated rings. The van der Waals surface area contributed by atoms with Gasteiger partial charge in [0.25, 0.3) is 0 Å². The van der Waals surface area contributed by atoms with Crippen LogP contribution in [-0.2, 0) is 4.79 Å². The number of hydrogen-bond donors (Lipinski definition) is 1. The van der Waals surface area contributed by atoms with E-state index in [2.05, 4.69) is 12.1 Å². The van der Waals surface area contributed by atoms with Gasteiger partial charge in [-0.1, -0.05) is 37.3 Å². The minimum Gasteiger partial charge on any atom is -0.393 e. The molecule has 1 aliphatic rings. The van der Waals surface area contributed by atoms with Gasteiger partial charge in [0.1, 0.15) is 0 Å². The van der Waals surface area contributed by atoms with Crippen LogP contribution in [0.4, 0.5) is 0 Å². The number of carbonyl (C=O) groups is 1. The predicted octanol–water partition coefficient (Wildman–Crippen LogP) is 2.02. The van der Waals surface area contributed by atoms with Gasteiger partial charge in [-0.3, -0.25) is 4.79 Å². The van der Waals surface area contributed by atoms with Gasteiger partial charge in [0.15, 0.2) is 0 Å². The topological polar surface area (TPSA) is 40.5 Å². The Morgan fingerprint density at radius 1 is 1.39 bits per heavy atom. The van der Waals surface area contributed by atoms with Crippen LogP contribution in [0.15, 0.2) is 30.3 Å². The van der Waals surface area contributed by atoms with Gasteiger partial charge in [0.2, 0.25) is 5.91 Å². The fourth-order valence-corrected chi connectivity index (χ4v) is 2.80. The van der Waals surface area contributed by atoms with Crippen molar-refractivity contribution in [3.63, 3.8) is 0 Å². The van der Waals surface area contributed by atoms with Gasteiger partial charge in [-0.2, -0.15) is 0 Å². The maximum atomic E-state index is 11.8. The zero-order valence-corrected chi connectivity index (χ0v) is 11.0. The molecule has 0 aliphatic carbocycles. The van der Waals surface area contributed by atoms with Gasteiger partial charge in [-0.25, -0.2) is 0 Å². The Kier molecular flexibility index (Phi) is 4.02. The van der Waals surface area contributed by atoms with Crippen LogP contribution in [0.2, 0.25) is 0 Å². The highest BCUT2D eigenvalue weighted by Gasteiger charge is 2.37. The smallest absolute Gasteiger partial charge is 0.222 e. The molecule has 98 valence electrons. The predicted molar refractivity (Wildman–Crippen MR) is 71.2 cm³/mol. The van der Waals surface area contributed by atoms with Crippen LogP contribution >= 0.6 is 0 Å². The van der Waals surface area contributed by atoms with Crippen molar-refractivity contribution in [2.24, 2.45) is 5.92 Å². The van der Waals surface area contributed by atoms with Crippen molar-refractivity contribution in [1.29, 1.82) is 0 Å². The van der Waals surface area contributed by atoms with Crippen molar-refractivity contribution in [3.8, 4) is 0 Å². The Morgan fingerprint density at radius 3 is 2.61 bits per heavy atom. The van der Waals surface area contributed by atoms with E-state index in [4.69, 9.17) is 0 Å². The maximum absolute atomic E-state index is 11.8. The number of likely N-dealkylation sites (tertiary alicyclic amines) is 1. The zero-order valence-electron chi connectivity index (χ0n) is 11.0.